The Morgan fingerprint density at radius 3 is 2.54 bits per heavy atom. The summed E-state index contributed by atoms with van der Waals surface area (Å²) in [6.07, 6.45) is 2.34. The van der Waals surface area contributed by atoms with Crippen LogP contribution in [0.4, 0.5) is 5.13 Å². The average molecular weight is 398 g/mol. The lowest BCUT2D eigenvalue weighted by molar-refractivity contribution is 0.0946. The number of benzene rings is 1. The van der Waals surface area contributed by atoms with Crippen molar-refractivity contribution < 1.29 is 9.59 Å². The van der Waals surface area contributed by atoms with Gasteiger partial charge in [0.25, 0.3) is 11.8 Å². The molecule has 1 aromatic carbocycles. The summed E-state index contributed by atoms with van der Waals surface area (Å²) in [5.41, 5.74) is 1.18. The molecule has 28 heavy (non-hydrogen) atoms. The van der Waals surface area contributed by atoms with Gasteiger partial charge in [-0.3, -0.25) is 14.9 Å². The molecule has 146 valence electrons. The van der Waals surface area contributed by atoms with Gasteiger partial charge in [0.2, 0.25) is 0 Å². The van der Waals surface area contributed by atoms with Gasteiger partial charge in [-0.15, -0.1) is 0 Å². The van der Waals surface area contributed by atoms with Crippen LogP contribution in [0.1, 0.15) is 54.5 Å². The third kappa shape index (κ3) is 3.77. The minimum atomic E-state index is -0.345. The van der Waals surface area contributed by atoms with E-state index in [1.165, 1.54) is 24.2 Å². The Morgan fingerprint density at radius 2 is 1.89 bits per heavy atom. The van der Waals surface area contributed by atoms with Crippen LogP contribution in [-0.4, -0.2) is 33.1 Å². The fraction of sp³-hybridized carbons (Fsp3) is 0.400. The van der Waals surface area contributed by atoms with E-state index in [1.54, 1.807) is 16.8 Å². The molecule has 2 aromatic heterocycles. The molecular formula is C20H23N5O2S. The largest absolute Gasteiger partial charge is 0.350 e. The van der Waals surface area contributed by atoms with E-state index < -0.39 is 0 Å². The Hall–Kier alpha value is -2.74. The predicted molar refractivity (Wildman–Crippen MR) is 110 cm³/mol. The number of anilines is 1. The molecule has 0 aliphatic heterocycles. The summed E-state index contributed by atoms with van der Waals surface area (Å²) >= 11 is 1.27. The first-order chi connectivity index (χ1) is 13.3. The van der Waals surface area contributed by atoms with Gasteiger partial charge in [0, 0.05) is 12.1 Å². The fourth-order valence-electron chi connectivity index (χ4n) is 2.87. The zero-order chi connectivity index (χ0) is 19.9. The lowest BCUT2D eigenvalue weighted by atomic mass is 10.1. The zero-order valence-corrected chi connectivity index (χ0v) is 17.0. The number of nitrogens with one attached hydrogen (secondary N) is 2. The second kappa shape index (κ2) is 7.01. The Kier molecular flexibility index (Phi) is 4.66. The van der Waals surface area contributed by atoms with Gasteiger partial charge in [-0.2, -0.15) is 10.1 Å². The number of hydrogen-bond acceptors (Lipinski definition) is 5. The Bertz CT molecular complexity index is 1030. The van der Waals surface area contributed by atoms with Crippen molar-refractivity contribution in [1.82, 2.24) is 20.1 Å². The molecule has 3 aromatic rings. The van der Waals surface area contributed by atoms with Crippen LogP contribution in [0.5, 0.6) is 0 Å². The van der Waals surface area contributed by atoms with E-state index >= 15 is 0 Å². The van der Waals surface area contributed by atoms with Crippen LogP contribution in [0.15, 0.2) is 30.3 Å². The minimum Gasteiger partial charge on any atom is -0.350 e. The van der Waals surface area contributed by atoms with Crippen molar-refractivity contribution in [2.24, 2.45) is 5.92 Å². The molecule has 1 saturated carbocycles. The Balaban J connectivity index is 1.66. The molecule has 0 bridgehead atoms. The topological polar surface area (TPSA) is 88.9 Å². The van der Waals surface area contributed by atoms with Crippen LogP contribution in [0.2, 0.25) is 0 Å². The van der Waals surface area contributed by atoms with Crippen LogP contribution in [0.25, 0.3) is 10.3 Å². The predicted octanol–water partition coefficient (Wildman–Crippen LogP) is 3.64. The van der Waals surface area contributed by atoms with Crippen LogP contribution in [0.3, 0.4) is 0 Å². The molecule has 8 heteroatoms. The molecule has 1 aliphatic carbocycles. The minimum absolute atomic E-state index is 0.190. The number of thiazole rings is 1. The number of carbonyl (C=O) groups excluding carboxylic acids is 2. The van der Waals surface area contributed by atoms with Crippen LogP contribution < -0.4 is 10.6 Å². The maximum absolute atomic E-state index is 12.7. The molecule has 0 atom stereocenters. The van der Waals surface area contributed by atoms with E-state index in [9.17, 15) is 9.59 Å². The summed E-state index contributed by atoms with van der Waals surface area (Å²) in [6, 6.07) is 8.98. The van der Waals surface area contributed by atoms with Gasteiger partial charge >= 0.3 is 0 Å². The third-order valence-corrected chi connectivity index (χ3v) is 5.55. The van der Waals surface area contributed by atoms with E-state index in [0.717, 1.165) is 0 Å². The van der Waals surface area contributed by atoms with Gasteiger partial charge in [-0.1, -0.05) is 29.5 Å². The van der Waals surface area contributed by atoms with Gasteiger partial charge in [0.15, 0.2) is 16.5 Å². The molecule has 7 nitrogen and oxygen atoms in total. The van der Waals surface area contributed by atoms with Gasteiger partial charge in [0.1, 0.15) is 4.70 Å². The summed E-state index contributed by atoms with van der Waals surface area (Å²) in [4.78, 5) is 29.7. The molecule has 1 fully saturated rings. The highest BCUT2D eigenvalue weighted by atomic mass is 32.1. The first kappa shape index (κ1) is 18.6. The lowest BCUT2D eigenvalue weighted by Gasteiger charge is -2.19. The van der Waals surface area contributed by atoms with Crippen molar-refractivity contribution in [2.75, 3.05) is 11.9 Å². The van der Waals surface area contributed by atoms with Crippen molar-refractivity contribution in [3.8, 4) is 0 Å². The number of fused-ring (bicyclic) bond motifs is 1. The first-order valence-corrected chi connectivity index (χ1v) is 10.2. The molecule has 0 radical (unpaired) electrons. The summed E-state index contributed by atoms with van der Waals surface area (Å²) in [6.45, 7) is 6.70. The maximum atomic E-state index is 12.7. The number of hydrogen-bond donors (Lipinski definition) is 2. The van der Waals surface area contributed by atoms with E-state index in [-0.39, 0.29) is 17.4 Å². The molecule has 2 N–H and O–H groups in total. The smallest absolute Gasteiger partial charge is 0.273 e. The summed E-state index contributed by atoms with van der Waals surface area (Å²) in [7, 11) is 0. The van der Waals surface area contributed by atoms with E-state index in [2.05, 4.69) is 20.7 Å². The SMILES string of the molecule is CC(C)(C)n1nc(C(=O)NCC2CC2)c2sc(NC(=O)c3ccccc3)nc21. The molecule has 4 rings (SSSR count). The Morgan fingerprint density at radius 1 is 1.18 bits per heavy atom. The van der Waals surface area contributed by atoms with Gasteiger partial charge in [-0.05, 0) is 51.7 Å². The molecule has 0 saturated heterocycles. The molecule has 2 heterocycles. The van der Waals surface area contributed by atoms with Crippen molar-refractivity contribution >= 4 is 38.6 Å². The molecular weight excluding hydrogens is 374 g/mol. The highest BCUT2D eigenvalue weighted by molar-refractivity contribution is 7.22. The van der Waals surface area contributed by atoms with Crippen molar-refractivity contribution in [2.45, 2.75) is 39.2 Å². The number of carbonyl (C=O) groups is 2. The molecule has 1 aliphatic rings. The average Bonchev–Trinajstić information content (AvgIpc) is 3.29. The van der Waals surface area contributed by atoms with E-state index in [0.29, 0.717) is 39.2 Å². The number of aromatic nitrogens is 3. The second-order valence-electron chi connectivity index (χ2n) is 8.08. The quantitative estimate of drug-likeness (QED) is 0.688. The highest BCUT2D eigenvalue weighted by Crippen LogP contribution is 2.33. The molecule has 2 amide bonds. The lowest BCUT2D eigenvalue weighted by Crippen LogP contribution is -2.28. The first-order valence-electron chi connectivity index (χ1n) is 9.37. The fourth-order valence-corrected chi connectivity index (χ4v) is 3.80. The summed E-state index contributed by atoms with van der Waals surface area (Å²) < 4.78 is 2.44. The normalized spacial score (nSPS) is 14.2. The van der Waals surface area contributed by atoms with Gasteiger partial charge in [-0.25, -0.2) is 4.68 Å². The molecule has 0 unspecified atom stereocenters. The van der Waals surface area contributed by atoms with Gasteiger partial charge < -0.3 is 5.32 Å². The Labute approximate surface area is 167 Å². The van der Waals surface area contributed by atoms with Crippen molar-refractivity contribution in [3.05, 3.63) is 41.6 Å². The van der Waals surface area contributed by atoms with Crippen LogP contribution in [-0.2, 0) is 5.54 Å². The number of rotatable bonds is 5. The monoisotopic (exact) mass is 397 g/mol. The summed E-state index contributed by atoms with van der Waals surface area (Å²) in [5, 5.41) is 10.8. The third-order valence-electron chi connectivity index (χ3n) is 4.58. The standard InChI is InChI=1S/C20H23N5O2S/c1-20(2,3)25-16-15(14(24-25)18(27)21-11-12-9-10-12)28-19(22-16)23-17(26)13-7-5-4-6-8-13/h4-8,12H,9-11H2,1-3H3,(H,21,27)(H,22,23,26). The molecule has 0 spiro atoms. The maximum Gasteiger partial charge on any atom is 0.273 e. The van der Waals surface area contributed by atoms with Gasteiger partial charge in [0.05, 0.1) is 5.54 Å². The van der Waals surface area contributed by atoms with E-state index in [1.807, 2.05) is 39.0 Å². The highest BCUT2D eigenvalue weighted by Gasteiger charge is 2.28. The van der Waals surface area contributed by atoms with Crippen molar-refractivity contribution in [3.63, 3.8) is 0 Å². The second-order valence-corrected chi connectivity index (χ2v) is 9.08. The zero-order valence-electron chi connectivity index (χ0n) is 16.2. The van der Waals surface area contributed by atoms with Crippen LogP contribution >= 0.6 is 11.3 Å². The number of nitrogens with zero attached hydrogens (tertiary/aromatic N) is 3. The van der Waals surface area contributed by atoms with Crippen molar-refractivity contribution in [1.29, 1.82) is 0 Å². The van der Waals surface area contributed by atoms with E-state index in [4.69, 9.17) is 0 Å². The van der Waals surface area contributed by atoms with Crippen LogP contribution in [0, 0.1) is 5.92 Å². The summed E-state index contributed by atoms with van der Waals surface area (Å²) in [5.74, 6) is 0.169. The number of amides is 2.